The van der Waals surface area contributed by atoms with Crippen molar-refractivity contribution >= 4 is 48.9 Å². The van der Waals surface area contributed by atoms with Gasteiger partial charge in [0.2, 0.25) is 10.0 Å². The maximum Gasteiger partial charge on any atom is 0.241 e. The monoisotopic (exact) mass is 366 g/mol. The fourth-order valence-electron chi connectivity index (χ4n) is 1.25. The number of thiophene rings is 1. The van der Waals surface area contributed by atoms with Gasteiger partial charge in [-0.05, 0) is 34.1 Å². The third kappa shape index (κ3) is 3.52. The van der Waals surface area contributed by atoms with E-state index in [1.165, 1.54) is 29.7 Å². The van der Waals surface area contributed by atoms with E-state index in [-0.39, 0.29) is 16.6 Å². The third-order valence-electron chi connectivity index (χ3n) is 2.07. The third-order valence-corrected chi connectivity index (χ3v) is 5.37. The van der Waals surface area contributed by atoms with Crippen molar-refractivity contribution in [2.45, 2.75) is 11.4 Å². The lowest BCUT2D eigenvalue weighted by molar-refractivity contribution is 0.581. The summed E-state index contributed by atoms with van der Waals surface area (Å²) in [6.45, 7) is 0.249. The highest BCUT2D eigenvalue weighted by Gasteiger charge is 2.14. The van der Waals surface area contributed by atoms with Crippen LogP contribution in [0.1, 0.15) is 4.88 Å². The molecule has 0 unspecified atom stereocenters. The molecule has 0 aliphatic heterocycles. The quantitative estimate of drug-likeness (QED) is 0.845. The Bertz CT molecular complexity index is 657. The minimum atomic E-state index is -3.55. The predicted octanol–water partition coefficient (Wildman–Crippen LogP) is 3.04. The molecule has 0 fully saturated rings. The molecule has 0 atom stereocenters. The number of pyridine rings is 1. The largest absolute Gasteiger partial charge is 0.244 e. The summed E-state index contributed by atoms with van der Waals surface area (Å²) in [5.41, 5.74) is 0. The number of halogens is 2. The zero-order chi connectivity index (χ0) is 13.2. The van der Waals surface area contributed by atoms with Gasteiger partial charge in [0.25, 0.3) is 0 Å². The topological polar surface area (TPSA) is 59.1 Å². The molecule has 0 amide bonds. The normalized spacial score (nSPS) is 11.7. The Labute approximate surface area is 122 Å². The Balaban J connectivity index is 2.13. The van der Waals surface area contributed by atoms with E-state index in [4.69, 9.17) is 11.6 Å². The molecule has 0 aliphatic rings. The molecule has 0 saturated heterocycles. The van der Waals surface area contributed by atoms with Crippen LogP contribution in [0, 0.1) is 0 Å². The van der Waals surface area contributed by atoms with E-state index in [9.17, 15) is 8.42 Å². The highest BCUT2D eigenvalue weighted by atomic mass is 79.9. The molecule has 0 bridgehead atoms. The summed E-state index contributed by atoms with van der Waals surface area (Å²) >= 11 is 10.5. The molecule has 18 heavy (non-hydrogen) atoms. The molecular formula is C10H8BrClN2O2S2. The van der Waals surface area contributed by atoms with Crippen molar-refractivity contribution in [3.8, 4) is 0 Å². The van der Waals surface area contributed by atoms with Gasteiger partial charge in [0.15, 0.2) is 0 Å². The van der Waals surface area contributed by atoms with Crippen LogP contribution in [0.15, 0.2) is 39.1 Å². The number of nitrogens with zero attached hydrogens (tertiary/aromatic N) is 1. The summed E-state index contributed by atoms with van der Waals surface area (Å²) in [7, 11) is -3.55. The van der Waals surface area contributed by atoms with Gasteiger partial charge in [-0.25, -0.2) is 18.1 Å². The Morgan fingerprint density at radius 2 is 2.22 bits per heavy atom. The summed E-state index contributed by atoms with van der Waals surface area (Å²) in [5, 5.41) is 2.05. The molecule has 1 N–H and O–H groups in total. The fourth-order valence-corrected chi connectivity index (χ4v) is 3.99. The van der Waals surface area contributed by atoms with Crippen molar-refractivity contribution in [2.75, 3.05) is 0 Å². The molecule has 0 aromatic carbocycles. The van der Waals surface area contributed by atoms with E-state index in [0.717, 1.165) is 9.35 Å². The van der Waals surface area contributed by atoms with Crippen LogP contribution in [0.2, 0.25) is 5.15 Å². The Morgan fingerprint density at radius 1 is 1.44 bits per heavy atom. The van der Waals surface area contributed by atoms with Crippen LogP contribution in [0.4, 0.5) is 0 Å². The van der Waals surface area contributed by atoms with Crippen molar-refractivity contribution in [3.63, 3.8) is 0 Å². The lowest BCUT2D eigenvalue weighted by Crippen LogP contribution is -2.22. The molecule has 96 valence electrons. The smallest absolute Gasteiger partial charge is 0.241 e. The standard InChI is InChI=1S/C10H8BrClN2O2S2/c11-7-3-8(17-6-7)5-14-18(15,16)9-1-2-13-10(12)4-9/h1-4,6,14H,5H2. The summed E-state index contributed by atoms with van der Waals surface area (Å²) < 4.78 is 27.4. The van der Waals surface area contributed by atoms with Gasteiger partial charge in [-0.3, -0.25) is 0 Å². The van der Waals surface area contributed by atoms with E-state index in [2.05, 4.69) is 25.6 Å². The Hall–Kier alpha value is -0.470. The molecule has 2 heterocycles. The second-order valence-electron chi connectivity index (χ2n) is 3.37. The van der Waals surface area contributed by atoms with E-state index in [1.54, 1.807) is 0 Å². The first-order valence-electron chi connectivity index (χ1n) is 4.81. The maximum absolute atomic E-state index is 12.0. The van der Waals surface area contributed by atoms with E-state index >= 15 is 0 Å². The van der Waals surface area contributed by atoms with Crippen molar-refractivity contribution in [1.29, 1.82) is 0 Å². The summed E-state index contributed by atoms with van der Waals surface area (Å²) in [6.07, 6.45) is 1.36. The van der Waals surface area contributed by atoms with Crippen LogP contribution >= 0.6 is 38.9 Å². The lowest BCUT2D eigenvalue weighted by atomic mass is 10.5. The number of aromatic nitrogens is 1. The minimum Gasteiger partial charge on any atom is -0.244 e. The van der Waals surface area contributed by atoms with Gasteiger partial charge in [-0.2, -0.15) is 0 Å². The SMILES string of the molecule is O=S(=O)(NCc1cc(Br)cs1)c1ccnc(Cl)c1. The molecule has 8 heteroatoms. The lowest BCUT2D eigenvalue weighted by Gasteiger charge is -2.05. The van der Waals surface area contributed by atoms with Crippen molar-refractivity contribution < 1.29 is 8.42 Å². The second-order valence-corrected chi connectivity index (χ2v) is 7.44. The number of hydrogen-bond donors (Lipinski definition) is 1. The van der Waals surface area contributed by atoms with Gasteiger partial charge in [0, 0.05) is 27.5 Å². The number of sulfonamides is 1. The van der Waals surface area contributed by atoms with Gasteiger partial charge in [-0.1, -0.05) is 11.6 Å². The molecule has 2 rings (SSSR count). The minimum absolute atomic E-state index is 0.109. The van der Waals surface area contributed by atoms with Crippen LogP contribution in [-0.2, 0) is 16.6 Å². The van der Waals surface area contributed by atoms with Crippen molar-refractivity contribution in [1.82, 2.24) is 9.71 Å². The summed E-state index contributed by atoms with van der Waals surface area (Å²) in [6, 6.07) is 4.58. The zero-order valence-electron chi connectivity index (χ0n) is 8.93. The molecule has 0 radical (unpaired) electrons. The van der Waals surface area contributed by atoms with E-state index < -0.39 is 10.0 Å². The van der Waals surface area contributed by atoms with Crippen LogP contribution in [0.25, 0.3) is 0 Å². The second kappa shape index (κ2) is 5.66. The van der Waals surface area contributed by atoms with E-state index in [0.29, 0.717) is 0 Å². The molecule has 2 aromatic rings. The van der Waals surface area contributed by atoms with Crippen LogP contribution in [-0.4, -0.2) is 13.4 Å². The average Bonchev–Trinajstić information content (AvgIpc) is 2.73. The molecule has 0 aliphatic carbocycles. The van der Waals surface area contributed by atoms with E-state index in [1.807, 2.05) is 11.4 Å². The van der Waals surface area contributed by atoms with Gasteiger partial charge in [0.05, 0.1) is 4.90 Å². The highest BCUT2D eigenvalue weighted by molar-refractivity contribution is 9.10. The number of hydrogen-bond acceptors (Lipinski definition) is 4. The van der Waals surface area contributed by atoms with Gasteiger partial charge in [0.1, 0.15) is 5.15 Å². The van der Waals surface area contributed by atoms with Crippen molar-refractivity contribution in [2.24, 2.45) is 0 Å². The first kappa shape index (κ1) is 14.0. The van der Waals surface area contributed by atoms with Gasteiger partial charge >= 0.3 is 0 Å². The van der Waals surface area contributed by atoms with Crippen LogP contribution in [0.5, 0.6) is 0 Å². The Kier molecular flexibility index (Phi) is 4.39. The molecular weight excluding hydrogens is 360 g/mol. The first-order chi connectivity index (χ1) is 8.47. The molecule has 0 saturated carbocycles. The fraction of sp³-hybridized carbons (Fsp3) is 0.100. The molecule has 0 spiro atoms. The van der Waals surface area contributed by atoms with Gasteiger partial charge < -0.3 is 0 Å². The van der Waals surface area contributed by atoms with Gasteiger partial charge in [-0.15, -0.1) is 11.3 Å². The molecule has 4 nitrogen and oxygen atoms in total. The predicted molar refractivity (Wildman–Crippen MR) is 75.3 cm³/mol. The number of rotatable bonds is 4. The van der Waals surface area contributed by atoms with Crippen molar-refractivity contribution in [3.05, 3.63) is 44.3 Å². The number of nitrogens with one attached hydrogen (secondary N) is 1. The summed E-state index contributed by atoms with van der Waals surface area (Å²) in [5.74, 6) is 0. The molecule has 2 aromatic heterocycles. The first-order valence-corrected chi connectivity index (χ1v) is 8.35. The van der Waals surface area contributed by atoms with Crippen LogP contribution < -0.4 is 4.72 Å². The Morgan fingerprint density at radius 3 is 2.83 bits per heavy atom. The summed E-state index contributed by atoms with van der Waals surface area (Å²) in [4.78, 5) is 4.78. The zero-order valence-corrected chi connectivity index (χ0v) is 12.9. The highest BCUT2D eigenvalue weighted by Crippen LogP contribution is 2.20. The average molecular weight is 368 g/mol. The maximum atomic E-state index is 12.0. The van der Waals surface area contributed by atoms with Crippen LogP contribution in [0.3, 0.4) is 0 Å².